The molecule has 0 aliphatic carbocycles. The van der Waals surface area contributed by atoms with Gasteiger partial charge in [0.05, 0.1) is 16.8 Å². The van der Waals surface area contributed by atoms with E-state index in [0.717, 1.165) is 0 Å². The van der Waals surface area contributed by atoms with Gasteiger partial charge >= 0.3 is 5.97 Å². The van der Waals surface area contributed by atoms with Gasteiger partial charge in [-0.15, -0.1) is 0 Å². The Morgan fingerprint density at radius 3 is 2.41 bits per heavy atom. The summed E-state index contributed by atoms with van der Waals surface area (Å²) in [5, 5.41) is 1.96. The maximum atomic E-state index is 13.2. The molecule has 0 aliphatic heterocycles. The predicted octanol–water partition coefficient (Wildman–Crippen LogP) is 6.57. The lowest BCUT2D eigenvalue weighted by atomic mass is 10.0. The quantitative estimate of drug-likeness (QED) is 0.319. The minimum absolute atomic E-state index is 0.0349. The fourth-order valence-corrected chi connectivity index (χ4v) is 5.37. The molecule has 0 fully saturated rings. The number of hydrogen-bond donors (Lipinski definition) is 1. The molecule has 0 amide bonds. The van der Waals surface area contributed by atoms with Crippen molar-refractivity contribution in [2.45, 2.75) is 31.8 Å². The van der Waals surface area contributed by atoms with Gasteiger partial charge in [-0.05, 0) is 45.0 Å². The number of esters is 1. The van der Waals surface area contributed by atoms with Crippen molar-refractivity contribution < 1.29 is 22.4 Å². The molecule has 0 radical (unpaired) electrons. The number of anilines is 1. The first-order valence-electron chi connectivity index (χ1n) is 9.72. The lowest BCUT2D eigenvalue weighted by molar-refractivity contribution is 0.0378. The van der Waals surface area contributed by atoms with Gasteiger partial charge in [0, 0.05) is 21.2 Å². The number of benzene rings is 3. The van der Waals surface area contributed by atoms with Crippen molar-refractivity contribution in [2.75, 3.05) is 4.72 Å². The Hall–Kier alpha value is -2.74. The van der Waals surface area contributed by atoms with Crippen molar-refractivity contribution >= 4 is 66.6 Å². The van der Waals surface area contributed by atoms with E-state index in [0.29, 0.717) is 27.5 Å². The normalized spacial score (nSPS) is 11.9. The summed E-state index contributed by atoms with van der Waals surface area (Å²) >= 11 is 12.1. The van der Waals surface area contributed by atoms with Crippen LogP contribution >= 0.6 is 23.2 Å². The summed E-state index contributed by atoms with van der Waals surface area (Å²) in [6.45, 7) is 5.17. The molecular weight excluding hydrogens is 473 g/mol. The van der Waals surface area contributed by atoms with Gasteiger partial charge in [0.2, 0.25) is 0 Å². The van der Waals surface area contributed by atoms with E-state index in [1.807, 2.05) is 0 Å². The average Bonchev–Trinajstić information content (AvgIpc) is 3.05. The number of rotatable bonds is 5. The lowest BCUT2D eigenvalue weighted by Gasteiger charge is -2.13. The number of aryl methyl sites for hydroxylation is 1. The highest BCUT2D eigenvalue weighted by molar-refractivity contribution is 7.92. The van der Waals surface area contributed by atoms with E-state index >= 15 is 0 Å². The van der Waals surface area contributed by atoms with Gasteiger partial charge < -0.3 is 9.15 Å². The van der Waals surface area contributed by atoms with Gasteiger partial charge in [0.25, 0.3) is 10.0 Å². The van der Waals surface area contributed by atoms with Crippen LogP contribution < -0.4 is 4.72 Å². The number of nitrogens with one attached hydrogen (secondary N) is 1. The average molecular weight is 492 g/mol. The first kappa shape index (κ1) is 22.5. The Balaban J connectivity index is 1.94. The monoisotopic (exact) mass is 491 g/mol. The molecule has 0 aliphatic rings. The van der Waals surface area contributed by atoms with Gasteiger partial charge in [0.15, 0.2) is 0 Å². The first-order chi connectivity index (χ1) is 15.1. The third-order valence-electron chi connectivity index (χ3n) is 4.85. The van der Waals surface area contributed by atoms with Crippen molar-refractivity contribution in [3.8, 4) is 0 Å². The van der Waals surface area contributed by atoms with Crippen molar-refractivity contribution in [1.82, 2.24) is 0 Å². The number of fused-ring (bicyclic) bond motifs is 3. The topological polar surface area (TPSA) is 85.6 Å². The van der Waals surface area contributed by atoms with Crippen molar-refractivity contribution in [2.24, 2.45) is 0 Å². The van der Waals surface area contributed by atoms with Crippen molar-refractivity contribution in [3.05, 3.63) is 69.9 Å². The van der Waals surface area contributed by atoms with Crippen LogP contribution in [0, 0.1) is 6.92 Å². The molecule has 0 saturated carbocycles. The van der Waals surface area contributed by atoms with Crippen LogP contribution in [-0.2, 0) is 14.8 Å². The van der Waals surface area contributed by atoms with Crippen LogP contribution in [0.4, 0.5) is 5.69 Å². The molecule has 166 valence electrons. The van der Waals surface area contributed by atoms with Crippen LogP contribution in [0.5, 0.6) is 0 Å². The molecule has 6 nitrogen and oxygen atoms in total. The molecule has 1 aromatic heterocycles. The third kappa shape index (κ3) is 4.03. The second kappa shape index (κ2) is 8.31. The Kier molecular flexibility index (Phi) is 5.83. The molecule has 0 atom stereocenters. The zero-order chi connectivity index (χ0) is 23.2. The van der Waals surface area contributed by atoms with Crippen LogP contribution in [0.2, 0.25) is 10.0 Å². The van der Waals surface area contributed by atoms with Crippen LogP contribution in [0.3, 0.4) is 0 Å². The minimum atomic E-state index is -4.09. The van der Waals surface area contributed by atoms with Crippen molar-refractivity contribution in [1.29, 1.82) is 0 Å². The number of furan rings is 1. The summed E-state index contributed by atoms with van der Waals surface area (Å²) in [6.07, 6.45) is -0.324. The van der Waals surface area contributed by atoms with E-state index in [2.05, 4.69) is 4.72 Å². The van der Waals surface area contributed by atoms with E-state index in [9.17, 15) is 13.2 Å². The van der Waals surface area contributed by atoms with E-state index in [1.54, 1.807) is 51.1 Å². The van der Waals surface area contributed by atoms with Crippen LogP contribution in [0.15, 0.2) is 57.8 Å². The zero-order valence-electron chi connectivity index (χ0n) is 17.4. The molecule has 32 heavy (non-hydrogen) atoms. The summed E-state index contributed by atoms with van der Waals surface area (Å²) in [4.78, 5) is 12.6. The van der Waals surface area contributed by atoms with Gasteiger partial charge in [-0.25, -0.2) is 13.2 Å². The summed E-state index contributed by atoms with van der Waals surface area (Å²) in [5.41, 5.74) is 0.988. The number of ether oxygens (including phenoxy) is 1. The first-order valence-corrected chi connectivity index (χ1v) is 12.0. The largest absolute Gasteiger partial charge is 0.460 e. The molecule has 0 unspecified atom stereocenters. The van der Waals surface area contributed by atoms with Crippen LogP contribution in [-0.4, -0.2) is 20.5 Å². The van der Waals surface area contributed by atoms with Gasteiger partial charge in [-0.2, -0.15) is 0 Å². The van der Waals surface area contributed by atoms with Gasteiger partial charge in [0.1, 0.15) is 21.8 Å². The third-order valence-corrected chi connectivity index (χ3v) is 6.93. The smallest absolute Gasteiger partial charge is 0.342 e. The molecule has 0 saturated heterocycles. The molecule has 1 N–H and O–H groups in total. The maximum absolute atomic E-state index is 13.2. The molecule has 1 heterocycles. The fraction of sp³-hybridized carbons (Fsp3) is 0.174. The molecule has 4 rings (SSSR count). The summed E-state index contributed by atoms with van der Waals surface area (Å²) in [5.74, 6) is -0.160. The van der Waals surface area contributed by atoms with E-state index in [4.69, 9.17) is 32.4 Å². The van der Waals surface area contributed by atoms with Crippen LogP contribution in [0.1, 0.15) is 30.0 Å². The van der Waals surface area contributed by atoms with Gasteiger partial charge in [-0.3, -0.25) is 4.72 Å². The SMILES string of the molecule is Cc1oc2c(cc(NS(=O)(=O)c3cc(Cl)ccc3Cl)c3ccccc32)c1C(=O)OC(C)C. The summed E-state index contributed by atoms with van der Waals surface area (Å²) < 4.78 is 40.2. The molecule has 0 spiro atoms. The number of halogens is 2. The van der Waals surface area contributed by atoms with E-state index in [1.165, 1.54) is 18.2 Å². The van der Waals surface area contributed by atoms with Gasteiger partial charge in [-0.1, -0.05) is 47.5 Å². The zero-order valence-corrected chi connectivity index (χ0v) is 19.7. The Morgan fingerprint density at radius 2 is 1.72 bits per heavy atom. The Bertz CT molecular complexity index is 1480. The standard InChI is InChI=1S/C23H19Cl2NO5S/c1-12(2)30-23(27)21-13(3)31-22-16-7-5-4-6-15(16)19(11-17(21)22)26-32(28,29)20-10-14(24)8-9-18(20)25/h4-12,26H,1-3H3. The highest BCUT2D eigenvalue weighted by Crippen LogP contribution is 2.38. The summed E-state index contributed by atoms with van der Waals surface area (Å²) in [7, 11) is -4.09. The highest BCUT2D eigenvalue weighted by Gasteiger charge is 2.25. The molecule has 9 heteroatoms. The molecule has 4 aromatic rings. The minimum Gasteiger partial charge on any atom is -0.460 e. The van der Waals surface area contributed by atoms with E-state index < -0.39 is 16.0 Å². The molecular formula is C23H19Cl2NO5S. The fourth-order valence-electron chi connectivity index (χ4n) is 3.53. The Morgan fingerprint density at radius 1 is 1.03 bits per heavy atom. The number of carbonyl (C=O) groups excluding carboxylic acids is 1. The number of carbonyl (C=O) groups is 1. The van der Waals surface area contributed by atoms with Crippen LogP contribution in [0.25, 0.3) is 21.7 Å². The highest BCUT2D eigenvalue weighted by atomic mass is 35.5. The van der Waals surface area contributed by atoms with Crippen molar-refractivity contribution in [3.63, 3.8) is 0 Å². The predicted molar refractivity (Wildman–Crippen MR) is 126 cm³/mol. The lowest BCUT2D eigenvalue weighted by Crippen LogP contribution is -2.14. The van der Waals surface area contributed by atoms with E-state index in [-0.39, 0.29) is 32.3 Å². The summed E-state index contributed by atoms with van der Waals surface area (Å²) in [6, 6.07) is 12.9. The number of hydrogen-bond acceptors (Lipinski definition) is 5. The maximum Gasteiger partial charge on any atom is 0.342 e. The molecule has 3 aromatic carbocycles. The number of sulfonamides is 1. The second-order valence-electron chi connectivity index (χ2n) is 7.51. The molecule has 0 bridgehead atoms. The second-order valence-corrected chi connectivity index (χ2v) is 10.0. The Labute approximate surface area is 195 Å².